The molecular weight excluding hydrogens is 232 g/mol. The van der Waals surface area contributed by atoms with E-state index in [4.69, 9.17) is 4.74 Å². The van der Waals surface area contributed by atoms with Gasteiger partial charge in [0.1, 0.15) is 11.9 Å². The van der Waals surface area contributed by atoms with Crippen LogP contribution in [0.4, 0.5) is 0 Å². The van der Waals surface area contributed by atoms with Crippen molar-refractivity contribution in [3.05, 3.63) is 30.3 Å². The second-order valence-corrected chi connectivity index (χ2v) is 6.43. The lowest BCUT2D eigenvalue weighted by Crippen LogP contribution is -2.25. The van der Waals surface area contributed by atoms with Crippen LogP contribution < -0.4 is 4.74 Å². The van der Waals surface area contributed by atoms with Crippen molar-refractivity contribution in [2.24, 2.45) is 0 Å². The van der Waals surface area contributed by atoms with Crippen molar-refractivity contribution in [3.8, 4) is 5.75 Å². The first kappa shape index (κ1) is 10.8. The van der Waals surface area contributed by atoms with Crippen LogP contribution in [0.1, 0.15) is 0 Å². The van der Waals surface area contributed by atoms with Crippen LogP contribution in [0.5, 0.6) is 5.75 Å². The molecule has 82 valence electrons. The molecule has 0 aliphatic carbocycles. The summed E-state index contributed by atoms with van der Waals surface area (Å²) in [5.74, 6) is 0.864. The summed E-state index contributed by atoms with van der Waals surface area (Å²) in [4.78, 5) is 0. The van der Waals surface area contributed by atoms with Gasteiger partial charge in [-0.25, -0.2) is 8.42 Å². The van der Waals surface area contributed by atoms with Gasteiger partial charge in [-0.15, -0.1) is 0 Å². The molecule has 0 spiro atoms. The number of thiol groups is 1. The first-order chi connectivity index (χ1) is 7.07. The molecule has 0 amide bonds. The average molecular weight is 244 g/mol. The molecule has 1 aliphatic rings. The molecule has 1 saturated heterocycles. The Morgan fingerprint density at radius 3 is 2.40 bits per heavy atom. The zero-order chi connectivity index (χ0) is 10.9. The Labute approximate surface area is 94.8 Å². The molecule has 0 bridgehead atoms. The first-order valence-electron chi connectivity index (χ1n) is 4.67. The number of sulfone groups is 1. The zero-order valence-electron chi connectivity index (χ0n) is 8.04. The summed E-state index contributed by atoms with van der Waals surface area (Å²) in [5, 5.41) is -0.227. The fraction of sp³-hybridized carbons (Fsp3) is 0.400. The summed E-state index contributed by atoms with van der Waals surface area (Å²) in [7, 11) is -2.97. The van der Waals surface area contributed by atoms with Gasteiger partial charge in [-0.3, -0.25) is 0 Å². The molecule has 0 radical (unpaired) electrons. The highest BCUT2D eigenvalue weighted by Crippen LogP contribution is 2.23. The zero-order valence-corrected chi connectivity index (χ0v) is 9.75. The second kappa shape index (κ2) is 4.06. The molecule has 0 N–H and O–H groups in total. The van der Waals surface area contributed by atoms with Crippen LogP contribution in [0, 0.1) is 0 Å². The minimum atomic E-state index is -2.97. The van der Waals surface area contributed by atoms with Crippen LogP contribution in [0.15, 0.2) is 30.3 Å². The van der Waals surface area contributed by atoms with Crippen LogP contribution in [-0.2, 0) is 9.84 Å². The molecule has 15 heavy (non-hydrogen) atoms. The number of rotatable bonds is 2. The van der Waals surface area contributed by atoms with Crippen molar-refractivity contribution >= 4 is 22.5 Å². The van der Waals surface area contributed by atoms with E-state index in [0.717, 1.165) is 0 Å². The van der Waals surface area contributed by atoms with Gasteiger partial charge in [0.25, 0.3) is 0 Å². The number of hydrogen-bond donors (Lipinski definition) is 1. The lowest BCUT2D eigenvalue weighted by molar-refractivity contribution is 0.234. The molecule has 2 rings (SSSR count). The maximum absolute atomic E-state index is 11.3. The van der Waals surface area contributed by atoms with E-state index in [2.05, 4.69) is 12.6 Å². The predicted octanol–water partition coefficient (Wildman–Crippen LogP) is 1.16. The smallest absolute Gasteiger partial charge is 0.155 e. The van der Waals surface area contributed by atoms with Gasteiger partial charge in [0.05, 0.1) is 16.8 Å². The molecule has 1 aromatic carbocycles. The Morgan fingerprint density at radius 1 is 1.20 bits per heavy atom. The van der Waals surface area contributed by atoms with Crippen LogP contribution in [0.3, 0.4) is 0 Å². The van der Waals surface area contributed by atoms with Gasteiger partial charge in [-0.05, 0) is 12.1 Å². The van der Waals surface area contributed by atoms with E-state index in [-0.39, 0.29) is 22.9 Å². The van der Waals surface area contributed by atoms with Crippen molar-refractivity contribution in [3.63, 3.8) is 0 Å². The maximum Gasteiger partial charge on any atom is 0.155 e. The molecule has 1 aromatic rings. The summed E-state index contributed by atoms with van der Waals surface area (Å²) in [6, 6.07) is 9.21. The van der Waals surface area contributed by atoms with E-state index in [1.54, 1.807) is 0 Å². The minimum Gasteiger partial charge on any atom is -0.488 e. The lowest BCUT2D eigenvalue weighted by Gasteiger charge is -2.15. The fourth-order valence-corrected chi connectivity index (χ4v) is 4.25. The predicted molar refractivity (Wildman–Crippen MR) is 62.3 cm³/mol. The van der Waals surface area contributed by atoms with E-state index < -0.39 is 9.84 Å². The largest absolute Gasteiger partial charge is 0.488 e. The second-order valence-electron chi connectivity index (χ2n) is 3.61. The Kier molecular flexibility index (Phi) is 2.93. The molecular formula is C10H12O3S2. The molecule has 1 heterocycles. The van der Waals surface area contributed by atoms with E-state index in [9.17, 15) is 8.42 Å². The highest BCUT2D eigenvalue weighted by molar-refractivity contribution is 7.93. The highest BCUT2D eigenvalue weighted by Gasteiger charge is 2.37. The third-order valence-electron chi connectivity index (χ3n) is 2.30. The number of hydrogen-bond acceptors (Lipinski definition) is 4. The van der Waals surface area contributed by atoms with E-state index in [1.807, 2.05) is 30.3 Å². The summed E-state index contributed by atoms with van der Waals surface area (Å²) >= 11 is 4.23. The van der Waals surface area contributed by atoms with E-state index in [0.29, 0.717) is 5.75 Å². The first-order valence-corrected chi connectivity index (χ1v) is 7.01. The van der Waals surface area contributed by atoms with Crippen molar-refractivity contribution < 1.29 is 13.2 Å². The molecule has 5 heteroatoms. The lowest BCUT2D eigenvalue weighted by atomic mass is 10.3. The van der Waals surface area contributed by atoms with Crippen LogP contribution in [-0.4, -0.2) is 31.3 Å². The normalized spacial score (nSPS) is 28.9. The Morgan fingerprint density at radius 2 is 1.87 bits per heavy atom. The number of ether oxygens (including phenoxy) is 1. The van der Waals surface area contributed by atoms with E-state index in [1.165, 1.54) is 0 Å². The maximum atomic E-state index is 11.3. The molecule has 2 atom stereocenters. The van der Waals surface area contributed by atoms with Gasteiger partial charge in [0, 0.05) is 0 Å². The monoisotopic (exact) mass is 244 g/mol. The molecule has 1 aliphatic heterocycles. The Balaban J connectivity index is 2.08. The molecule has 3 nitrogen and oxygen atoms in total. The SMILES string of the molecule is O=S1(=O)CC(S)C(Oc2ccccc2)C1. The summed E-state index contributed by atoms with van der Waals surface area (Å²) < 4.78 is 28.2. The van der Waals surface area contributed by atoms with Gasteiger partial charge in [-0.1, -0.05) is 18.2 Å². The minimum absolute atomic E-state index is 0.0655. The quantitative estimate of drug-likeness (QED) is 0.794. The third-order valence-corrected chi connectivity index (χ3v) is 4.77. The summed E-state index contributed by atoms with van der Waals surface area (Å²) in [5.41, 5.74) is 0. The topological polar surface area (TPSA) is 43.4 Å². The van der Waals surface area contributed by atoms with Crippen LogP contribution >= 0.6 is 12.6 Å². The van der Waals surface area contributed by atoms with Crippen LogP contribution in [0.2, 0.25) is 0 Å². The van der Waals surface area contributed by atoms with Gasteiger partial charge in [-0.2, -0.15) is 12.6 Å². The number of benzene rings is 1. The van der Waals surface area contributed by atoms with Gasteiger partial charge in [0.15, 0.2) is 9.84 Å². The van der Waals surface area contributed by atoms with Crippen LogP contribution in [0.25, 0.3) is 0 Å². The molecule has 0 saturated carbocycles. The van der Waals surface area contributed by atoms with Crippen molar-refractivity contribution in [1.29, 1.82) is 0 Å². The van der Waals surface area contributed by atoms with E-state index >= 15 is 0 Å². The summed E-state index contributed by atoms with van der Waals surface area (Å²) in [6.07, 6.45) is -0.333. The average Bonchev–Trinajstić information content (AvgIpc) is 2.41. The number of para-hydroxylation sites is 1. The Bertz CT molecular complexity index is 427. The molecule has 2 unspecified atom stereocenters. The van der Waals surface area contributed by atoms with Gasteiger partial charge < -0.3 is 4.74 Å². The van der Waals surface area contributed by atoms with Crippen molar-refractivity contribution in [2.75, 3.05) is 11.5 Å². The third kappa shape index (κ3) is 2.66. The fourth-order valence-electron chi connectivity index (χ4n) is 1.58. The molecule has 0 aromatic heterocycles. The summed E-state index contributed by atoms with van der Waals surface area (Å²) in [6.45, 7) is 0. The molecule has 1 fully saturated rings. The Hall–Kier alpha value is -0.680. The highest BCUT2D eigenvalue weighted by atomic mass is 32.2. The van der Waals surface area contributed by atoms with Gasteiger partial charge >= 0.3 is 0 Å². The van der Waals surface area contributed by atoms with Gasteiger partial charge in [0.2, 0.25) is 0 Å². The van der Waals surface area contributed by atoms with Crippen molar-refractivity contribution in [1.82, 2.24) is 0 Å². The van der Waals surface area contributed by atoms with Crippen molar-refractivity contribution in [2.45, 2.75) is 11.4 Å². The standard InChI is InChI=1S/C10H12O3S2/c11-15(12)6-9(10(14)7-15)13-8-4-2-1-3-5-8/h1-5,9-10,14H,6-7H2.